The van der Waals surface area contributed by atoms with Crippen molar-refractivity contribution in [3.63, 3.8) is 0 Å². The lowest BCUT2D eigenvalue weighted by molar-refractivity contribution is -0.139. The molecule has 25 heavy (non-hydrogen) atoms. The summed E-state index contributed by atoms with van der Waals surface area (Å²) in [6, 6.07) is 3.04. The minimum absolute atomic E-state index is 0.216. The number of hydrogen-bond donors (Lipinski definition) is 1. The molecule has 1 saturated heterocycles. The number of imide groups is 1. The Labute approximate surface area is 157 Å². The third-order valence-electron chi connectivity index (χ3n) is 3.23. The van der Waals surface area contributed by atoms with Gasteiger partial charge in [-0.1, -0.05) is 0 Å². The van der Waals surface area contributed by atoms with Crippen LogP contribution in [-0.4, -0.2) is 46.9 Å². The highest BCUT2D eigenvalue weighted by molar-refractivity contribution is 9.10. The van der Waals surface area contributed by atoms with Gasteiger partial charge < -0.3 is 14.6 Å². The fraction of sp³-hybridized carbons (Fsp3) is 0.312. The molecule has 1 aromatic rings. The summed E-state index contributed by atoms with van der Waals surface area (Å²) in [4.78, 5) is 36.4. The van der Waals surface area contributed by atoms with Gasteiger partial charge in [0, 0.05) is 6.04 Å². The van der Waals surface area contributed by atoms with Gasteiger partial charge in [-0.3, -0.25) is 14.5 Å². The Morgan fingerprint density at radius 3 is 2.60 bits per heavy atom. The monoisotopic (exact) mass is 429 g/mol. The average Bonchev–Trinajstić information content (AvgIpc) is 2.79. The van der Waals surface area contributed by atoms with Gasteiger partial charge in [-0.2, -0.15) is 0 Å². The van der Waals surface area contributed by atoms with Gasteiger partial charge in [0.1, 0.15) is 0 Å². The third-order valence-corrected chi connectivity index (χ3v) is 4.70. The molecule has 134 valence electrons. The lowest BCUT2D eigenvalue weighted by atomic mass is 10.1. The summed E-state index contributed by atoms with van der Waals surface area (Å²) in [5, 5.41) is 8.42. The van der Waals surface area contributed by atoms with E-state index in [4.69, 9.17) is 14.6 Å². The molecule has 2 amide bonds. The second-order valence-corrected chi connectivity index (χ2v) is 7.21. The van der Waals surface area contributed by atoms with Gasteiger partial charge in [0.25, 0.3) is 11.1 Å². The van der Waals surface area contributed by atoms with Crippen LogP contribution in [0.4, 0.5) is 4.79 Å². The van der Waals surface area contributed by atoms with Crippen molar-refractivity contribution in [1.29, 1.82) is 0 Å². The topological polar surface area (TPSA) is 93.1 Å². The molecule has 2 rings (SSSR count). The normalized spacial score (nSPS) is 16.0. The summed E-state index contributed by atoms with van der Waals surface area (Å²) < 4.78 is 10.9. The van der Waals surface area contributed by atoms with Crippen LogP contribution < -0.4 is 9.47 Å². The second kappa shape index (κ2) is 7.92. The van der Waals surface area contributed by atoms with Crippen molar-refractivity contribution < 1.29 is 29.0 Å². The molecule has 1 N–H and O–H groups in total. The maximum Gasteiger partial charge on any atom is 0.341 e. The fourth-order valence-electron chi connectivity index (χ4n) is 2.17. The molecule has 1 aliphatic rings. The smallest absolute Gasteiger partial charge is 0.341 e. The number of hydrogen-bond acceptors (Lipinski definition) is 6. The predicted molar refractivity (Wildman–Crippen MR) is 96.8 cm³/mol. The minimum atomic E-state index is -1.11. The molecular weight excluding hydrogens is 414 g/mol. The Morgan fingerprint density at radius 2 is 2.08 bits per heavy atom. The van der Waals surface area contributed by atoms with E-state index in [0.29, 0.717) is 20.7 Å². The number of thioether (sulfide) groups is 1. The number of rotatable bonds is 6. The molecule has 0 saturated carbocycles. The van der Waals surface area contributed by atoms with Crippen molar-refractivity contribution in [2.24, 2.45) is 0 Å². The van der Waals surface area contributed by atoms with Crippen LogP contribution in [0.15, 0.2) is 21.5 Å². The quantitative estimate of drug-likeness (QED) is 0.692. The first-order valence-corrected chi connectivity index (χ1v) is 8.84. The first kappa shape index (κ1) is 19.3. The van der Waals surface area contributed by atoms with E-state index >= 15 is 0 Å². The van der Waals surface area contributed by atoms with Crippen LogP contribution in [0.5, 0.6) is 11.5 Å². The number of aliphatic carboxylic acids is 1. The number of carbonyl (C=O) groups is 3. The molecule has 0 radical (unpaired) electrons. The van der Waals surface area contributed by atoms with E-state index in [1.54, 1.807) is 32.1 Å². The van der Waals surface area contributed by atoms with Crippen LogP contribution >= 0.6 is 27.7 Å². The first-order valence-electron chi connectivity index (χ1n) is 7.23. The van der Waals surface area contributed by atoms with Gasteiger partial charge in [0.05, 0.1) is 16.5 Å². The van der Waals surface area contributed by atoms with Crippen LogP contribution in [0.2, 0.25) is 0 Å². The SMILES string of the molecule is COc1cc(/C=C2\SC(=O)N(C(C)C)C2=O)cc(Br)c1OCC(=O)O. The Bertz CT molecular complexity index is 761. The Balaban J connectivity index is 2.35. The van der Waals surface area contributed by atoms with Gasteiger partial charge in [-0.25, -0.2) is 4.79 Å². The summed E-state index contributed by atoms with van der Waals surface area (Å²) in [5.74, 6) is -0.894. The molecule has 1 aliphatic heterocycles. The lowest BCUT2D eigenvalue weighted by Gasteiger charge is -2.16. The highest BCUT2D eigenvalue weighted by atomic mass is 79.9. The highest BCUT2D eigenvalue weighted by Gasteiger charge is 2.36. The molecule has 1 heterocycles. The van der Waals surface area contributed by atoms with Gasteiger partial charge in [-0.15, -0.1) is 0 Å². The highest BCUT2D eigenvalue weighted by Crippen LogP contribution is 2.39. The molecule has 1 aromatic carbocycles. The van der Waals surface area contributed by atoms with Gasteiger partial charge in [-0.05, 0) is 65.3 Å². The number of methoxy groups -OCH3 is 1. The molecule has 7 nitrogen and oxygen atoms in total. The van der Waals surface area contributed by atoms with Crippen LogP contribution in [0.3, 0.4) is 0 Å². The van der Waals surface area contributed by atoms with Crippen molar-refractivity contribution in [3.8, 4) is 11.5 Å². The Kier molecular flexibility index (Phi) is 6.12. The van der Waals surface area contributed by atoms with Gasteiger partial charge in [0.15, 0.2) is 18.1 Å². The Hall–Kier alpha value is -2.00. The third kappa shape index (κ3) is 4.35. The van der Waals surface area contributed by atoms with Crippen molar-refractivity contribution in [2.45, 2.75) is 19.9 Å². The van der Waals surface area contributed by atoms with Crippen LogP contribution in [-0.2, 0) is 9.59 Å². The minimum Gasteiger partial charge on any atom is -0.493 e. The molecule has 1 fully saturated rings. The van der Waals surface area contributed by atoms with Crippen molar-refractivity contribution in [3.05, 3.63) is 27.1 Å². The number of carboxylic acid groups (broad SMARTS) is 1. The summed E-state index contributed by atoms with van der Waals surface area (Å²) >= 11 is 4.18. The number of benzene rings is 1. The molecule has 0 aliphatic carbocycles. The molecule has 0 unspecified atom stereocenters. The second-order valence-electron chi connectivity index (χ2n) is 5.36. The fourth-order valence-corrected chi connectivity index (χ4v) is 3.71. The van der Waals surface area contributed by atoms with E-state index in [2.05, 4.69) is 15.9 Å². The lowest BCUT2D eigenvalue weighted by Crippen LogP contribution is -2.34. The number of amides is 2. The van der Waals surface area contributed by atoms with Crippen molar-refractivity contribution in [1.82, 2.24) is 4.90 Å². The molecule has 0 spiro atoms. The maximum atomic E-state index is 12.3. The van der Waals surface area contributed by atoms with E-state index in [1.807, 2.05) is 0 Å². The van der Waals surface area contributed by atoms with Crippen molar-refractivity contribution in [2.75, 3.05) is 13.7 Å². The zero-order chi connectivity index (χ0) is 18.7. The number of ether oxygens (including phenoxy) is 2. The number of halogens is 1. The van der Waals surface area contributed by atoms with E-state index in [0.717, 1.165) is 11.8 Å². The summed E-state index contributed by atoms with van der Waals surface area (Å²) in [6.07, 6.45) is 1.58. The van der Waals surface area contributed by atoms with Gasteiger partial charge >= 0.3 is 5.97 Å². The van der Waals surface area contributed by atoms with E-state index in [9.17, 15) is 14.4 Å². The first-order chi connectivity index (χ1) is 11.7. The van der Waals surface area contributed by atoms with Crippen molar-refractivity contribution >= 4 is 50.9 Å². The zero-order valence-electron chi connectivity index (χ0n) is 13.7. The molecule has 0 bridgehead atoms. The summed E-state index contributed by atoms with van der Waals surface area (Å²) in [6.45, 7) is 3.03. The summed E-state index contributed by atoms with van der Waals surface area (Å²) in [7, 11) is 1.42. The van der Waals surface area contributed by atoms with Crippen LogP contribution in [0.25, 0.3) is 6.08 Å². The molecule has 0 aromatic heterocycles. The summed E-state index contributed by atoms with van der Waals surface area (Å²) in [5.41, 5.74) is 0.612. The number of nitrogens with zero attached hydrogens (tertiary/aromatic N) is 1. The van der Waals surface area contributed by atoms with Crippen LogP contribution in [0, 0.1) is 0 Å². The molecule has 9 heteroatoms. The van der Waals surface area contributed by atoms with E-state index in [1.165, 1.54) is 12.0 Å². The standard InChI is InChI=1S/C16H16BrNO6S/c1-8(2)18-15(21)12(25-16(18)22)6-9-4-10(17)14(11(5-9)23-3)24-7-13(19)20/h4-6,8H,7H2,1-3H3,(H,19,20)/b12-6-. The zero-order valence-corrected chi connectivity index (χ0v) is 16.1. The molecular formula is C16H16BrNO6S. The predicted octanol–water partition coefficient (Wildman–Crippen LogP) is 3.37. The van der Waals surface area contributed by atoms with Crippen LogP contribution in [0.1, 0.15) is 19.4 Å². The number of carboxylic acids is 1. The largest absolute Gasteiger partial charge is 0.493 e. The van der Waals surface area contributed by atoms with Gasteiger partial charge in [0.2, 0.25) is 0 Å². The maximum absolute atomic E-state index is 12.3. The van der Waals surface area contributed by atoms with E-state index in [-0.39, 0.29) is 22.9 Å². The Morgan fingerprint density at radius 1 is 1.40 bits per heavy atom. The number of carbonyl (C=O) groups excluding carboxylic acids is 2. The van der Waals surface area contributed by atoms with E-state index < -0.39 is 12.6 Å². The average molecular weight is 430 g/mol. The molecule has 0 atom stereocenters.